The first-order valence-corrected chi connectivity index (χ1v) is 9.70. The molecule has 4 nitrogen and oxygen atoms in total. The molecular formula is C18H16Cl2N4S. The number of hydrogen-bond donors (Lipinski definition) is 0. The Morgan fingerprint density at radius 1 is 1.04 bits per heavy atom. The first-order chi connectivity index (χ1) is 12.1. The highest BCUT2D eigenvalue weighted by Gasteiger charge is 2.26. The molecule has 0 N–H and O–H groups in total. The smallest absolute Gasteiger partial charge is 0.232 e. The molecule has 0 saturated carbocycles. The SMILES string of the molecule is Cc1ccc(N2CCn3c(SCc4ccc(Cl)cc4Cl)nnc32)cc1. The Bertz CT molecular complexity index is 908. The van der Waals surface area contributed by atoms with Gasteiger partial charge in [-0.15, -0.1) is 10.2 Å². The summed E-state index contributed by atoms with van der Waals surface area (Å²) in [5.74, 6) is 1.63. The molecule has 0 unspecified atom stereocenters. The zero-order valence-corrected chi connectivity index (χ0v) is 15.9. The van der Waals surface area contributed by atoms with Crippen molar-refractivity contribution in [2.24, 2.45) is 0 Å². The second-order valence-electron chi connectivity index (χ2n) is 5.95. The van der Waals surface area contributed by atoms with E-state index in [9.17, 15) is 0 Å². The van der Waals surface area contributed by atoms with Crippen molar-refractivity contribution in [3.63, 3.8) is 0 Å². The van der Waals surface area contributed by atoms with Gasteiger partial charge in [-0.3, -0.25) is 4.57 Å². The van der Waals surface area contributed by atoms with Gasteiger partial charge < -0.3 is 4.90 Å². The van der Waals surface area contributed by atoms with E-state index in [-0.39, 0.29) is 0 Å². The minimum Gasteiger partial charge on any atom is -0.309 e. The zero-order chi connectivity index (χ0) is 17.4. The molecule has 25 heavy (non-hydrogen) atoms. The molecule has 0 radical (unpaired) electrons. The van der Waals surface area contributed by atoms with Crippen molar-refractivity contribution < 1.29 is 0 Å². The van der Waals surface area contributed by atoms with Crippen LogP contribution in [0.25, 0.3) is 0 Å². The summed E-state index contributed by atoms with van der Waals surface area (Å²) in [7, 11) is 0. The van der Waals surface area contributed by atoms with Gasteiger partial charge in [0.05, 0.1) is 0 Å². The summed E-state index contributed by atoms with van der Waals surface area (Å²) in [5.41, 5.74) is 3.44. The lowest BCUT2D eigenvalue weighted by Gasteiger charge is -2.15. The van der Waals surface area contributed by atoms with Gasteiger partial charge in [0.1, 0.15) is 0 Å². The van der Waals surface area contributed by atoms with E-state index in [2.05, 4.69) is 50.9 Å². The lowest BCUT2D eigenvalue weighted by atomic mass is 10.2. The van der Waals surface area contributed by atoms with Gasteiger partial charge in [-0.05, 0) is 36.8 Å². The summed E-state index contributed by atoms with van der Waals surface area (Å²) in [6.07, 6.45) is 0. The summed E-state index contributed by atoms with van der Waals surface area (Å²) >= 11 is 13.8. The van der Waals surface area contributed by atoms with Gasteiger partial charge in [-0.2, -0.15) is 0 Å². The predicted octanol–water partition coefficient (Wildman–Crippen LogP) is 5.34. The van der Waals surface area contributed by atoms with Crippen LogP contribution in [-0.4, -0.2) is 21.3 Å². The number of aryl methyl sites for hydroxylation is 1. The van der Waals surface area contributed by atoms with Crippen molar-refractivity contribution >= 4 is 46.6 Å². The van der Waals surface area contributed by atoms with Crippen LogP contribution in [0, 0.1) is 6.92 Å². The Kier molecular flexibility index (Phi) is 4.63. The minimum absolute atomic E-state index is 0.649. The monoisotopic (exact) mass is 390 g/mol. The Morgan fingerprint density at radius 2 is 1.84 bits per heavy atom. The van der Waals surface area contributed by atoms with Crippen LogP contribution in [0.1, 0.15) is 11.1 Å². The second kappa shape index (κ2) is 6.90. The maximum atomic E-state index is 6.25. The Hall–Kier alpha value is -1.69. The zero-order valence-electron chi connectivity index (χ0n) is 13.6. The first kappa shape index (κ1) is 16.8. The fraction of sp³-hybridized carbons (Fsp3) is 0.222. The van der Waals surface area contributed by atoms with Gasteiger partial charge in [0, 0.05) is 34.6 Å². The van der Waals surface area contributed by atoms with Crippen LogP contribution >= 0.6 is 35.0 Å². The highest BCUT2D eigenvalue weighted by molar-refractivity contribution is 7.98. The summed E-state index contributed by atoms with van der Waals surface area (Å²) in [6.45, 7) is 3.88. The van der Waals surface area contributed by atoms with Crippen LogP contribution in [0.3, 0.4) is 0 Å². The molecule has 128 valence electrons. The van der Waals surface area contributed by atoms with Crippen molar-refractivity contribution in [3.05, 3.63) is 63.6 Å². The van der Waals surface area contributed by atoms with Gasteiger partial charge in [0.25, 0.3) is 0 Å². The van der Waals surface area contributed by atoms with Crippen LogP contribution in [-0.2, 0) is 12.3 Å². The van der Waals surface area contributed by atoms with Crippen LogP contribution in [0.15, 0.2) is 47.6 Å². The fourth-order valence-corrected chi connectivity index (χ4v) is 4.35. The van der Waals surface area contributed by atoms with Gasteiger partial charge in [0.15, 0.2) is 5.16 Å². The molecule has 4 rings (SSSR count). The fourth-order valence-electron chi connectivity index (χ4n) is 2.83. The quantitative estimate of drug-likeness (QED) is 0.563. The molecule has 2 heterocycles. The molecule has 0 fully saturated rings. The topological polar surface area (TPSA) is 34.0 Å². The summed E-state index contributed by atoms with van der Waals surface area (Å²) < 4.78 is 2.16. The van der Waals surface area contributed by atoms with E-state index in [1.165, 1.54) is 5.56 Å². The maximum Gasteiger partial charge on any atom is 0.232 e. The van der Waals surface area contributed by atoms with E-state index in [4.69, 9.17) is 23.2 Å². The number of rotatable bonds is 4. The summed E-state index contributed by atoms with van der Waals surface area (Å²) in [6, 6.07) is 14.1. The molecule has 0 bridgehead atoms. The van der Waals surface area contributed by atoms with E-state index in [0.29, 0.717) is 10.0 Å². The normalized spacial score (nSPS) is 13.3. The maximum absolute atomic E-state index is 6.25. The van der Waals surface area contributed by atoms with Gasteiger partial charge >= 0.3 is 0 Å². The third kappa shape index (κ3) is 3.36. The van der Waals surface area contributed by atoms with Crippen LogP contribution in [0.2, 0.25) is 10.0 Å². The number of fused-ring (bicyclic) bond motifs is 1. The molecule has 0 aliphatic carbocycles. The molecule has 3 aromatic rings. The molecule has 0 spiro atoms. The van der Waals surface area contributed by atoms with Gasteiger partial charge in [-0.25, -0.2) is 0 Å². The third-order valence-corrected chi connectivity index (χ3v) is 5.81. The molecule has 7 heteroatoms. The Labute approximate surface area is 160 Å². The van der Waals surface area contributed by atoms with Crippen molar-refractivity contribution in [2.45, 2.75) is 24.4 Å². The summed E-state index contributed by atoms with van der Waals surface area (Å²) in [5, 5.41) is 11.0. The molecule has 1 aromatic heterocycles. The average Bonchev–Trinajstić information content (AvgIpc) is 3.17. The predicted molar refractivity (Wildman–Crippen MR) is 104 cm³/mol. The number of hydrogen-bond acceptors (Lipinski definition) is 4. The molecule has 1 aliphatic heterocycles. The number of benzene rings is 2. The molecule has 0 amide bonds. The van der Waals surface area contributed by atoms with E-state index >= 15 is 0 Å². The average molecular weight is 391 g/mol. The summed E-state index contributed by atoms with van der Waals surface area (Å²) in [4.78, 5) is 2.20. The number of halogens is 2. The molecule has 0 atom stereocenters. The van der Waals surface area contributed by atoms with Crippen LogP contribution in [0.5, 0.6) is 0 Å². The number of thioether (sulfide) groups is 1. The van der Waals surface area contributed by atoms with Crippen LogP contribution in [0.4, 0.5) is 11.6 Å². The van der Waals surface area contributed by atoms with Gasteiger partial charge in [0.2, 0.25) is 5.95 Å². The number of anilines is 2. The van der Waals surface area contributed by atoms with E-state index in [1.807, 2.05) is 12.1 Å². The molecule has 1 aliphatic rings. The third-order valence-electron chi connectivity index (χ3n) is 4.20. The van der Waals surface area contributed by atoms with Crippen molar-refractivity contribution in [2.75, 3.05) is 11.4 Å². The Balaban J connectivity index is 1.52. The van der Waals surface area contributed by atoms with Gasteiger partial charge in [-0.1, -0.05) is 58.7 Å². The second-order valence-corrected chi connectivity index (χ2v) is 7.73. The lowest BCUT2D eigenvalue weighted by Crippen LogP contribution is -2.14. The van der Waals surface area contributed by atoms with Crippen molar-refractivity contribution in [1.29, 1.82) is 0 Å². The minimum atomic E-state index is 0.649. The Morgan fingerprint density at radius 3 is 2.60 bits per heavy atom. The standard InChI is InChI=1S/C18H16Cl2N4S/c1-12-2-6-15(7-3-12)23-8-9-24-17(23)21-22-18(24)25-11-13-4-5-14(19)10-16(13)20/h2-7,10H,8-9,11H2,1H3. The van der Waals surface area contributed by atoms with E-state index < -0.39 is 0 Å². The van der Waals surface area contributed by atoms with E-state index in [1.54, 1.807) is 17.8 Å². The molecule has 0 saturated heterocycles. The highest BCUT2D eigenvalue weighted by Crippen LogP contribution is 2.34. The van der Waals surface area contributed by atoms with Crippen molar-refractivity contribution in [1.82, 2.24) is 14.8 Å². The lowest BCUT2D eigenvalue weighted by molar-refractivity contribution is 0.704. The molecular weight excluding hydrogens is 375 g/mol. The van der Waals surface area contributed by atoms with Crippen molar-refractivity contribution in [3.8, 4) is 0 Å². The molecule has 2 aromatic carbocycles. The first-order valence-electron chi connectivity index (χ1n) is 7.96. The van der Waals surface area contributed by atoms with E-state index in [0.717, 1.165) is 41.2 Å². The number of nitrogens with zero attached hydrogens (tertiary/aromatic N) is 4. The van der Waals surface area contributed by atoms with Crippen LogP contribution < -0.4 is 4.90 Å². The highest BCUT2D eigenvalue weighted by atomic mass is 35.5. The largest absolute Gasteiger partial charge is 0.309 e. The number of aromatic nitrogens is 3.